The summed E-state index contributed by atoms with van der Waals surface area (Å²) in [6.45, 7) is 9.05. The zero-order chi connectivity index (χ0) is 20.8. The Hall–Kier alpha value is -2.57. The number of thiocarbonyl (C=S) groups is 1. The number of carbonyl (C=O) groups excluding carboxylic acids is 1. The molecule has 4 nitrogen and oxygen atoms in total. The van der Waals surface area contributed by atoms with Crippen LogP contribution in [-0.2, 0) is 11.4 Å². The molecule has 0 unspecified atom stereocenters. The lowest BCUT2D eigenvalue weighted by molar-refractivity contribution is -0.121. The van der Waals surface area contributed by atoms with Gasteiger partial charge in [-0.05, 0) is 43.2 Å². The Labute approximate surface area is 181 Å². The molecule has 1 heterocycles. The molecule has 0 radical (unpaired) electrons. The molecule has 1 aliphatic heterocycles. The zero-order valence-corrected chi connectivity index (χ0v) is 18.1. The Morgan fingerprint density at radius 3 is 2.59 bits per heavy atom. The van der Waals surface area contributed by atoms with Crippen molar-refractivity contribution < 1.29 is 14.3 Å². The van der Waals surface area contributed by atoms with Crippen molar-refractivity contribution >= 4 is 40.3 Å². The number of aryl methyl sites for hydroxylation is 1. The first-order chi connectivity index (χ1) is 14.0. The molecule has 2 aromatic carbocycles. The molecule has 1 fully saturated rings. The van der Waals surface area contributed by atoms with Gasteiger partial charge in [0.1, 0.15) is 10.9 Å². The predicted octanol–water partition coefficient (Wildman–Crippen LogP) is 5.36. The number of nitrogens with zero attached hydrogens (tertiary/aromatic N) is 1. The first-order valence-electron chi connectivity index (χ1n) is 9.33. The molecule has 1 aliphatic rings. The second-order valence-corrected chi connectivity index (χ2v) is 8.17. The van der Waals surface area contributed by atoms with E-state index >= 15 is 0 Å². The summed E-state index contributed by atoms with van der Waals surface area (Å²) < 4.78 is 12.3. The number of carbonyl (C=O) groups is 1. The summed E-state index contributed by atoms with van der Waals surface area (Å²) in [5.74, 6) is 1.22. The summed E-state index contributed by atoms with van der Waals surface area (Å²) >= 11 is 6.59. The van der Waals surface area contributed by atoms with Crippen LogP contribution < -0.4 is 9.47 Å². The average Bonchev–Trinajstić information content (AvgIpc) is 2.97. The van der Waals surface area contributed by atoms with Crippen molar-refractivity contribution in [3.05, 3.63) is 76.7 Å². The van der Waals surface area contributed by atoms with Gasteiger partial charge < -0.3 is 9.47 Å². The van der Waals surface area contributed by atoms with Crippen molar-refractivity contribution in [3.8, 4) is 11.5 Å². The van der Waals surface area contributed by atoms with Crippen molar-refractivity contribution in [2.75, 3.05) is 13.2 Å². The topological polar surface area (TPSA) is 38.8 Å². The van der Waals surface area contributed by atoms with E-state index in [1.807, 2.05) is 31.2 Å². The molecule has 1 saturated heterocycles. The van der Waals surface area contributed by atoms with Gasteiger partial charge in [-0.2, -0.15) is 0 Å². The molecule has 0 N–H and O–H groups in total. The van der Waals surface area contributed by atoms with E-state index in [2.05, 4.69) is 37.8 Å². The molecule has 3 rings (SSSR count). The number of ether oxygens (including phenoxy) is 2. The number of hydrogen-bond acceptors (Lipinski definition) is 5. The summed E-state index contributed by atoms with van der Waals surface area (Å²) in [6, 6.07) is 13.9. The van der Waals surface area contributed by atoms with E-state index in [1.54, 1.807) is 11.0 Å². The van der Waals surface area contributed by atoms with Gasteiger partial charge in [0.25, 0.3) is 5.91 Å². The van der Waals surface area contributed by atoms with Gasteiger partial charge in [-0.1, -0.05) is 66.0 Å². The van der Waals surface area contributed by atoms with Crippen LogP contribution in [0.15, 0.2) is 60.0 Å². The second kappa shape index (κ2) is 9.76. The Kier molecular flexibility index (Phi) is 7.12. The van der Waals surface area contributed by atoms with E-state index in [1.165, 1.54) is 17.3 Å². The Morgan fingerprint density at radius 1 is 1.14 bits per heavy atom. The molecular formula is C23H23NO3S2. The lowest BCUT2D eigenvalue weighted by atomic mass is 10.1. The Balaban J connectivity index is 1.78. The molecule has 1 amide bonds. The van der Waals surface area contributed by atoms with Crippen LogP contribution in [0.5, 0.6) is 11.5 Å². The Bertz CT molecular complexity index is 951. The van der Waals surface area contributed by atoms with Gasteiger partial charge in [0, 0.05) is 6.54 Å². The number of hydrogen-bond donors (Lipinski definition) is 0. The standard InChI is InChI=1S/C23H23NO3S2/c1-4-12-24-22(25)21(29-23(24)28)14-18-10-11-19(20(13-18)26-5-2)27-15-17-8-6-16(3)7-9-17/h4,6-11,13-14H,1,5,12,15H2,2-3H3. The minimum Gasteiger partial charge on any atom is -0.490 e. The summed E-state index contributed by atoms with van der Waals surface area (Å²) in [6.07, 6.45) is 3.50. The number of benzene rings is 2. The highest BCUT2D eigenvalue weighted by Gasteiger charge is 2.31. The van der Waals surface area contributed by atoms with Crippen molar-refractivity contribution in [2.45, 2.75) is 20.5 Å². The molecular weight excluding hydrogens is 402 g/mol. The molecule has 0 bridgehead atoms. The van der Waals surface area contributed by atoms with Gasteiger partial charge in [0.2, 0.25) is 0 Å². The van der Waals surface area contributed by atoms with Crippen molar-refractivity contribution in [1.29, 1.82) is 0 Å². The van der Waals surface area contributed by atoms with Crippen LogP contribution in [0.4, 0.5) is 0 Å². The molecule has 0 spiro atoms. The Morgan fingerprint density at radius 2 is 1.90 bits per heavy atom. The zero-order valence-electron chi connectivity index (χ0n) is 16.5. The van der Waals surface area contributed by atoms with E-state index in [-0.39, 0.29) is 5.91 Å². The van der Waals surface area contributed by atoms with Crippen LogP contribution in [0.25, 0.3) is 6.08 Å². The molecule has 150 valence electrons. The molecule has 6 heteroatoms. The van der Waals surface area contributed by atoms with Crippen LogP contribution in [0.2, 0.25) is 0 Å². The molecule has 2 aromatic rings. The highest BCUT2D eigenvalue weighted by molar-refractivity contribution is 8.26. The van der Waals surface area contributed by atoms with Crippen molar-refractivity contribution in [2.24, 2.45) is 0 Å². The molecule has 0 saturated carbocycles. The van der Waals surface area contributed by atoms with Gasteiger partial charge in [0.05, 0.1) is 11.5 Å². The first-order valence-corrected chi connectivity index (χ1v) is 10.6. The summed E-state index contributed by atoms with van der Waals surface area (Å²) in [5.41, 5.74) is 3.16. The van der Waals surface area contributed by atoms with E-state index in [4.69, 9.17) is 21.7 Å². The van der Waals surface area contributed by atoms with Crippen LogP contribution in [-0.4, -0.2) is 28.3 Å². The molecule has 29 heavy (non-hydrogen) atoms. The minimum absolute atomic E-state index is 0.0995. The van der Waals surface area contributed by atoms with Gasteiger partial charge in [-0.3, -0.25) is 9.69 Å². The third kappa shape index (κ3) is 5.28. The van der Waals surface area contributed by atoms with Gasteiger partial charge >= 0.3 is 0 Å². The summed E-state index contributed by atoms with van der Waals surface area (Å²) in [5, 5.41) is 0. The summed E-state index contributed by atoms with van der Waals surface area (Å²) in [7, 11) is 0. The maximum atomic E-state index is 12.5. The fraction of sp³-hybridized carbons (Fsp3) is 0.217. The lowest BCUT2D eigenvalue weighted by Gasteiger charge is -2.13. The number of amides is 1. The van der Waals surface area contributed by atoms with Gasteiger partial charge in [-0.25, -0.2) is 0 Å². The normalized spacial score (nSPS) is 15.1. The molecule has 0 aromatic heterocycles. The van der Waals surface area contributed by atoms with Crippen LogP contribution >= 0.6 is 24.0 Å². The number of thioether (sulfide) groups is 1. The van der Waals surface area contributed by atoms with E-state index < -0.39 is 0 Å². The second-order valence-electron chi connectivity index (χ2n) is 6.49. The van der Waals surface area contributed by atoms with Crippen molar-refractivity contribution in [3.63, 3.8) is 0 Å². The van der Waals surface area contributed by atoms with Crippen molar-refractivity contribution in [1.82, 2.24) is 4.90 Å². The predicted molar refractivity (Wildman–Crippen MR) is 123 cm³/mol. The van der Waals surface area contributed by atoms with E-state index in [0.717, 1.165) is 11.1 Å². The molecule has 0 aliphatic carbocycles. The fourth-order valence-corrected chi connectivity index (χ4v) is 4.06. The third-order valence-electron chi connectivity index (χ3n) is 4.27. The van der Waals surface area contributed by atoms with Crippen LogP contribution in [0.1, 0.15) is 23.6 Å². The average molecular weight is 426 g/mol. The van der Waals surface area contributed by atoms with Crippen LogP contribution in [0.3, 0.4) is 0 Å². The maximum Gasteiger partial charge on any atom is 0.266 e. The quantitative estimate of drug-likeness (QED) is 0.323. The maximum absolute atomic E-state index is 12.5. The highest BCUT2D eigenvalue weighted by Crippen LogP contribution is 2.35. The fourth-order valence-electron chi connectivity index (χ4n) is 2.79. The van der Waals surface area contributed by atoms with E-state index in [9.17, 15) is 4.79 Å². The van der Waals surface area contributed by atoms with Gasteiger partial charge in [0.15, 0.2) is 11.5 Å². The largest absolute Gasteiger partial charge is 0.490 e. The van der Waals surface area contributed by atoms with E-state index in [0.29, 0.717) is 40.5 Å². The van der Waals surface area contributed by atoms with Crippen LogP contribution in [0, 0.1) is 6.92 Å². The highest BCUT2D eigenvalue weighted by atomic mass is 32.2. The smallest absolute Gasteiger partial charge is 0.266 e. The minimum atomic E-state index is -0.0995. The molecule has 0 atom stereocenters. The van der Waals surface area contributed by atoms with Gasteiger partial charge in [-0.15, -0.1) is 6.58 Å². The first kappa shape index (κ1) is 21.1. The monoisotopic (exact) mass is 425 g/mol. The summed E-state index contributed by atoms with van der Waals surface area (Å²) in [4.78, 5) is 14.7. The SMILES string of the molecule is C=CCN1C(=O)C(=Cc2ccc(OCc3ccc(C)cc3)c(OCC)c2)SC1=S. The third-order valence-corrected chi connectivity index (χ3v) is 5.64. The lowest BCUT2D eigenvalue weighted by Crippen LogP contribution is -2.27. The number of rotatable bonds is 8.